The highest BCUT2D eigenvalue weighted by atomic mass is 16.5. The van der Waals surface area contributed by atoms with E-state index in [-0.39, 0.29) is 11.9 Å². The molecule has 0 aliphatic rings. The molecule has 1 heterocycles. The lowest BCUT2D eigenvalue weighted by Crippen LogP contribution is -2.36. The molecule has 6 nitrogen and oxygen atoms in total. The maximum Gasteiger partial charge on any atom is 0.190 e. The zero-order valence-electron chi connectivity index (χ0n) is 11.0. The van der Waals surface area contributed by atoms with Crippen LogP contribution in [0.4, 0.5) is 5.69 Å². The highest BCUT2D eigenvalue weighted by Crippen LogP contribution is 2.20. The predicted molar refractivity (Wildman–Crippen MR) is 71.1 cm³/mol. The number of methoxy groups -OCH3 is 1. The third-order valence-electron chi connectivity index (χ3n) is 2.61. The second kappa shape index (κ2) is 6.80. The first-order chi connectivity index (χ1) is 8.61. The Morgan fingerprint density at radius 2 is 2.33 bits per heavy atom. The first-order valence-corrected chi connectivity index (χ1v) is 5.80. The van der Waals surface area contributed by atoms with E-state index in [4.69, 9.17) is 15.7 Å². The molecule has 0 saturated heterocycles. The average molecular weight is 252 g/mol. The third-order valence-corrected chi connectivity index (χ3v) is 2.61. The molecule has 100 valence electrons. The van der Waals surface area contributed by atoms with Crippen LogP contribution in [0.2, 0.25) is 0 Å². The Hall–Kier alpha value is -1.82. The summed E-state index contributed by atoms with van der Waals surface area (Å²) in [6.45, 7) is 5.45. The van der Waals surface area contributed by atoms with Gasteiger partial charge in [-0.15, -0.1) is 0 Å². The normalized spacial score (nSPS) is 11.9. The summed E-state index contributed by atoms with van der Waals surface area (Å²) in [6, 6.07) is 3.98. The minimum Gasteiger partial charge on any atom is -0.409 e. The zero-order chi connectivity index (χ0) is 13.5. The van der Waals surface area contributed by atoms with Crippen molar-refractivity contribution in [3.8, 4) is 0 Å². The van der Waals surface area contributed by atoms with Crippen molar-refractivity contribution in [1.82, 2.24) is 4.98 Å². The monoisotopic (exact) mass is 252 g/mol. The molecular formula is C12H20N4O2. The molecule has 1 rings (SSSR count). The summed E-state index contributed by atoms with van der Waals surface area (Å²) in [5.41, 5.74) is 6.95. The molecule has 0 amide bonds. The fourth-order valence-electron chi connectivity index (χ4n) is 1.72. The molecule has 18 heavy (non-hydrogen) atoms. The second-order valence-electron chi connectivity index (χ2n) is 4.14. The van der Waals surface area contributed by atoms with Gasteiger partial charge in [0.2, 0.25) is 0 Å². The van der Waals surface area contributed by atoms with Gasteiger partial charge in [-0.2, -0.15) is 0 Å². The van der Waals surface area contributed by atoms with Gasteiger partial charge in [-0.3, -0.25) is 4.98 Å². The average Bonchev–Trinajstić information content (AvgIpc) is 2.38. The Kier molecular flexibility index (Phi) is 5.38. The molecule has 0 aliphatic heterocycles. The first-order valence-electron chi connectivity index (χ1n) is 5.80. The van der Waals surface area contributed by atoms with Crippen LogP contribution in [0, 0.1) is 0 Å². The van der Waals surface area contributed by atoms with Crippen molar-refractivity contribution >= 4 is 11.5 Å². The maximum absolute atomic E-state index is 8.79. The summed E-state index contributed by atoms with van der Waals surface area (Å²) < 4.78 is 5.10. The molecule has 0 fully saturated rings. The number of nitrogens with zero attached hydrogens (tertiary/aromatic N) is 3. The number of anilines is 1. The Morgan fingerprint density at radius 3 is 2.89 bits per heavy atom. The van der Waals surface area contributed by atoms with Crippen molar-refractivity contribution in [2.45, 2.75) is 19.9 Å². The number of hydrogen-bond donors (Lipinski definition) is 2. The Balaban J connectivity index is 3.11. The van der Waals surface area contributed by atoms with Gasteiger partial charge in [0, 0.05) is 25.9 Å². The Labute approximate surface area is 107 Å². The molecule has 0 aromatic carbocycles. The standard InChI is InChI=1S/C12H20N4O2/c1-9(2)16(7-8-18-3)10-5-4-6-14-11(10)12(13)15-17/h4-6,9,17H,7-8H2,1-3H3,(H2,13,15). The molecule has 6 heteroatoms. The van der Waals surface area contributed by atoms with Crippen LogP contribution >= 0.6 is 0 Å². The van der Waals surface area contributed by atoms with Gasteiger partial charge in [0.15, 0.2) is 5.84 Å². The topological polar surface area (TPSA) is 84.0 Å². The lowest BCUT2D eigenvalue weighted by molar-refractivity contribution is 0.204. The number of aromatic nitrogens is 1. The zero-order valence-corrected chi connectivity index (χ0v) is 11.0. The van der Waals surface area contributed by atoms with Crippen molar-refractivity contribution in [2.24, 2.45) is 10.9 Å². The van der Waals surface area contributed by atoms with Crippen molar-refractivity contribution in [3.63, 3.8) is 0 Å². The van der Waals surface area contributed by atoms with Crippen LogP contribution in [-0.4, -0.2) is 42.3 Å². The van der Waals surface area contributed by atoms with Crippen molar-refractivity contribution in [1.29, 1.82) is 0 Å². The second-order valence-corrected chi connectivity index (χ2v) is 4.14. The highest BCUT2D eigenvalue weighted by molar-refractivity contribution is 6.00. The predicted octanol–water partition coefficient (Wildman–Crippen LogP) is 1.04. The number of oxime groups is 1. The molecule has 1 aromatic heterocycles. The van der Waals surface area contributed by atoms with Crippen LogP contribution in [-0.2, 0) is 4.74 Å². The summed E-state index contributed by atoms with van der Waals surface area (Å²) >= 11 is 0. The summed E-state index contributed by atoms with van der Waals surface area (Å²) in [7, 11) is 1.66. The number of rotatable bonds is 6. The molecule has 0 atom stereocenters. The Bertz CT molecular complexity index is 407. The quantitative estimate of drug-likeness (QED) is 0.342. The maximum atomic E-state index is 8.79. The summed E-state index contributed by atoms with van der Waals surface area (Å²) in [4.78, 5) is 6.26. The van der Waals surface area contributed by atoms with Crippen LogP contribution in [0.1, 0.15) is 19.5 Å². The summed E-state index contributed by atoms with van der Waals surface area (Å²) in [5, 5.41) is 11.8. The van der Waals surface area contributed by atoms with Gasteiger partial charge in [-0.1, -0.05) is 5.16 Å². The van der Waals surface area contributed by atoms with E-state index in [0.29, 0.717) is 18.8 Å². The Morgan fingerprint density at radius 1 is 1.61 bits per heavy atom. The van der Waals surface area contributed by atoms with E-state index >= 15 is 0 Å². The lowest BCUT2D eigenvalue weighted by atomic mass is 10.2. The van der Waals surface area contributed by atoms with E-state index in [1.165, 1.54) is 0 Å². The number of ether oxygens (including phenoxy) is 1. The van der Waals surface area contributed by atoms with Gasteiger partial charge in [0.1, 0.15) is 5.69 Å². The van der Waals surface area contributed by atoms with Crippen LogP contribution in [0.5, 0.6) is 0 Å². The van der Waals surface area contributed by atoms with Gasteiger partial charge >= 0.3 is 0 Å². The molecular weight excluding hydrogens is 232 g/mol. The van der Waals surface area contributed by atoms with Crippen molar-refractivity contribution in [3.05, 3.63) is 24.0 Å². The van der Waals surface area contributed by atoms with E-state index in [2.05, 4.69) is 28.9 Å². The first kappa shape index (κ1) is 14.2. The fourth-order valence-corrected chi connectivity index (χ4v) is 1.72. The van der Waals surface area contributed by atoms with E-state index in [1.54, 1.807) is 13.3 Å². The van der Waals surface area contributed by atoms with E-state index < -0.39 is 0 Å². The molecule has 1 aromatic rings. The smallest absolute Gasteiger partial charge is 0.190 e. The van der Waals surface area contributed by atoms with Crippen LogP contribution in [0.15, 0.2) is 23.5 Å². The molecule has 3 N–H and O–H groups in total. The summed E-state index contributed by atoms with van der Waals surface area (Å²) in [6.07, 6.45) is 1.62. The van der Waals surface area contributed by atoms with Gasteiger partial charge in [-0.25, -0.2) is 0 Å². The lowest BCUT2D eigenvalue weighted by Gasteiger charge is -2.29. The van der Waals surface area contributed by atoms with E-state index in [9.17, 15) is 0 Å². The molecule has 0 radical (unpaired) electrons. The van der Waals surface area contributed by atoms with Crippen LogP contribution in [0.3, 0.4) is 0 Å². The largest absolute Gasteiger partial charge is 0.409 e. The molecule has 0 spiro atoms. The van der Waals surface area contributed by atoms with E-state index in [0.717, 1.165) is 5.69 Å². The molecule has 0 bridgehead atoms. The van der Waals surface area contributed by atoms with Crippen molar-refractivity contribution in [2.75, 3.05) is 25.2 Å². The van der Waals surface area contributed by atoms with Gasteiger partial charge in [0.05, 0.1) is 12.3 Å². The highest BCUT2D eigenvalue weighted by Gasteiger charge is 2.17. The summed E-state index contributed by atoms with van der Waals surface area (Å²) in [5.74, 6) is 0.00802. The van der Waals surface area contributed by atoms with Crippen LogP contribution in [0.25, 0.3) is 0 Å². The van der Waals surface area contributed by atoms with Gasteiger partial charge in [-0.05, 0) is 26.0 Å². The molecule has 0 saturated carbocycles. The number of amidine groups is 1. The van der Waals surface area contributed by atoms with Crippen LogP contribution < -0.4 is 10.6 Å². The van der Waals surface area contributed by atoms with Gasteiger partial charge < -0.3 is 20.6 Å². The number of nitrogens with two attached hydrogens (primary N) is 1. The molecule has 0 aliphatic carbocycles. The number of hydrogen-bond acceptors (Lipinski definition) is 5. The molecule has 0 unspecified atom stereocenters. The fraction of sp³-hybridized carbons (Fsp3) is 0.500. The van der Waals surface area contributed by atoms with E-state index in [1.807, 2.05) is 12.1 Å². The minimum absolute atomic E-state index is 0.00802. The minimum atomic E-state index is 0.00802. The third kappa shape index (κ3) is 3.33. The van der Waals surface area contributed by atoms with Crippen molar-refractivity contribution < 1.29 is 9.94 Å². The number of pyridine rings is 1. The SMILES string of the molecule is COCCN(c1cccnc1/C(N)=N/O)C(C)C. The van der Waals surface area contributed by atoms with Gasteiger partial charge in [0.25, 0.3) is 0 Å².